The molecule has 1 aromatic rings. The number of rotatable bonds is 6. The number of hydrogen-bond acceptors (Lipinski definition) is 2. The smallest absolute Gasteiger partial charge is 0.0683 e. The van der Waals surface area contributed by atoms with Gasteiger partial charge in [0.1, 0.15) is 0 Å². The van der Waals surface area contributed by atoms with Gasteiger partial charge in [-0.15, -0.1) is 0 Å². The molecule has 0 heterocycles. The van der Waals surface area contributed by atoms with Crippen LogP contribution in [-0.2, 0) is 0 Å². The Hall–Kier alpha value is -1.01. The molecule has 1 N–H and O–H groups in total. The molecule has 98 valence electrons. The van der Waals surface area contributed by atoms with Crippen LogP contribution >= 0.6 is 15.9 Å². The summed E-state index contributed by atoms with van der Waals surface area (Å²) in [6, 6.07) is 8.63. The number of aryl methyl sites for hydroxylation is 1. The first-order valence-corrected chi connectivity index (χ1v) is 7.15. The Kier molecular flexibility index (Phi) is 5.68. The van der Waals surface area contributed by atoms with Crippen molar-refractivity contribution in [1.82, 2.24) is 0 Å². The van der Waals surface area contributed by atoms with E-state index in [9.17, 15) is 0 Å². The van der Waals surface area contributed by atoms with Crippen LogP contribution in [-0.4, -0.2) is 6.54 Å². The average Bonchev–Trinajstić information content (AvgIpc) is 2.33. The molecule has 0 aliphatic carbocycles. The topological polar surface area (TPSA) is 35.8 Å². The standard InChI is InChI=1S/C15H21BrN2/c1-12-6-7-13(16)14(10-12)18-9-5-4-8-15(2,3)11-17/h6-7,10,18H,4-5,8-9H2,1-3H3. The highest BCUT2D eigenvalue weighted by Gasteiger charge is 2.15. The van der Waals surface area contributed by atoms with Crippen LogP contribution in [0.1, 0.15) is 38.7 Å². The molecule has 0 amide bonds. The third-order valence-electron chi connectivity index (χ3n) is 2.97. The molecule has 0 aliphatic heterocycles. The second-order valence-corrected chi connectivity index (χ2v) is 6.22. The summed E-state index contributed by atoms with van der Waals surface area (Å²) in [6.45, 7) is 7.03. The number of nitriles is 1. The van der Waals surface area contributed by atoms with Gasteiger partial charge in [-0.3, -0.25) is 0 Å². The summed E-state index contributed by atoms with van der Waals surface area (Å²) in [5, 5.41) is 12.4. The number of unbranched alkanes of at least 4 members (excludes halogenated alkanes) is 1. The van der Waals surface area contributed by atoms with E-state index in [1.165, 1.54) is 5.56 Å². The fourth-order valence-electron chi connectivity index (χ4n) is 1.75. The van der Waals surface area contributed by atoms with Crippen molar-refractivity contribution in [3.05, 3.63) is 28.2 Å². The lowest BCUT2D eigenvalue weighted by Gasteiger charge is -2.15. The van der Waals surface area contributed by atoms with E-state index < -0.39 is 0 Å². The van der Waals surface area contributed by atoms with Crippen LogP contribution < -0.4 is 5.32 Å². The summed E-state index contributed by atoms with van der Waals surface area (Å²) in [5.74, 6) is 0. The fraction of sp³-hybridized carbons (Fsp3) is 0.533. The number of nitrogens with one attached hydrogen (secondary N) is 1. The quantitative estimate of drug-likeness (QED) is 0.759. The first-order valence-electron chi connectivity index (χ1n) is 6.36. The van der Waals surface area contributed by atoms with Crippen molar-refractivity contribution < 1.29 is 0 Å². The summed E-state index contributed by atoms with van der Waals surface area (Å²) in [4.78, 5) is 0. The lowest BCUT2D eigenvalue weighted by Crippen LogP contribution is -2.09. The molecular weight excluding hydrogens is 288 g/mol. The van der Waals surface area contributed by atoms with Crippen LogP contribution in [0.2, 0.25) is 0 Å². The SMILES string of the molecule is Cc1ccc(Br)c(NCCCCC(C)(C)C#N)c1. The lowest BCUT2D eigenvalue weighted by molar-refractivity contribution is 0.430. The molecule has 0 atom stereocenters. The monoisotopic (exact) mass is 308 g/mol. The van der Waals surface area contributed by atoms with Gasteiger partial charge in [0.25, 0.3) is 0 Å². The molecule has 0 aromatic heterocycles. The van der Waals surface area contributed by atoms with Crippen LogP contribution in [0.15, 0.2) is 22.7 Å². The first kappa shape index (κ1) is 15.0. The zero-order chi connectivity index (χ0) is 13.6. The van der Waals surface area contributed by atoms with Crippen LogP contribution in [0.4, 0.5) is 5.69 Å². The van der Waals surface area contributed by atoms with Crippen LogP contribution in [0.3, 0.4) is 0 Å². The predicted molar refractivity (Wildman–Crippen MR) is 80.6 cm³/mol. The van der Waals surface area contributed by atoms with Crippen molar-refractivity contribution in [2.75, 3.05) is 11.9 Å². The maximum absolute atomic E-state index is 8.92. The Morgan fingerprint density at radius 3 is 2.72 bits per heavy atom. The second kappa shape index (κ2) is 6.80. The third kappa shape index (κ3) is 5.10. The van der Waals surface area contributed by atoms with Crippen LogP contribution in [0.25, 0.3) is 0 Å². The van der Waals surface area contributed by atoms with E-state index in [0.29, 0.717) is 0 Å². The molecule has 18 heavy (non-hydrogen) atoms. The van der Waals surface area contributed by atoms with E-state index in [0.717, 1.165) is 36.0 Å². The Morgan fingerprint density at radius 2 is 2.06 bits per heavy atom. The molecule has 0 saturated heterocycles. The van der Waals surface area contributed by atoms with E-state index in [1.807, 2.05) is 13.8 Å². The highest BCUT2D eigenvalue weighted by Crippen LogP contribution is 2.24. The van der Waals surface area contributed by atoms with Crippen LogP contribution in [0.5, 0.6) is 0 Å². The number of benzene rings is 1. The van der Waals surface area contributed by atoms with Gasteiger partial charge >= 0.3 is 0 Å². The van der Waals surface area contributed by atoms with Gasteiger partial charge in [0.05, 0.1) is 11.5 Å². The Bertz CT molecular complexity index is 433. The first-order chi connectivity index (χ1) is 8.44. The van der Waals surface area contributed by atoms with Gasteiger partial charge in [-0.2, -0.15) is 5.26 Å². The maximum Gasteiger partial charge on any atom is 0.0683 e. The summed E-state index contributed by atoms with van der Waals surface area (Å²) < 4.78 is 1.10. The van der Waals surface area contributed by atoms with Crippen molar-refractivity contribution in [1.29, 1.82) is 5.26 Å². The minimum Gasteiger partial charge on any atom is -0.384 e. The van der Waals surface area contributed by atoms with Crippen molar-refractivity contribution in [2.45, 2.75) is 40.0 Å². The molecule has 0 saturated carbocycles. The van der Waals surface area contributed by atoms with Crippen LogP contribution in [0, 0.1) is 23.7 Å². The number of halogens is 1. The second-order valence-electron chi connectivity index (χ2n) is 5.36. The molecule has 0 bridgehead atoms. The van der Waals surface area contributed by atoms with E-state index in [-0.39, 0.29) is 5.41 Å². The molecule has 0 aliphatic rings. The van der Waals surface area contributed by atoms with Gasteiger partial charge in [0.2, 0.25) is 0 Å². The molecule has 3 heteroatoms. The number of anilines is 1. The normalized spacial score (nSPS) is 11.1. The van der Waals surface area contributed by atoms with E-state index in [2.05, 4.69) is 52.4 Å². The summed E-state index contributed by atoms with van der Waals surface area (Å²) >= 11 is 3.54. The molecule has 0 fully saturated rings. The van der Waals surface area contributed by atoms with Crippen molar-refractivity contribution in [3.8, 4) is 6.07 Å². The van der Waals surface area contributed by atoms with Gasteiger partial charge < -0.3 is 5.32 Å². The van der Waals surface area contributed by atoms with Gasteiger partial charge in [-0.1, -0.05) is 12.5 Å². The molecule has 0 spiro atoms. The fourth-order valence-corrected chi connectivity index (χ4v) is 2.13. The summed E-state index contributed by atoms with van der Waals surface area (Å²) in [6.07, 6.45) is 3.13. The van der Waals surface area contributed by atoms with E-state index in [4.69, 9.17) is 5.26 Å². The van der Waals surface area contributed by atoms with Crippen molar-refractivity contribution >= 4 is 21.6 Å². The Balaban J connectivity index is 2.30. The van der Waals surface area contributed by atoms with Crippen molar-refractivity contribution in [2.24, 2.45) is 5.41 Å². The highest BCUT2D eigenvalue weighted by atomic mass is 79.9. The van der Waals surface area contributed by atoms with Crippen molar-refractivity contribution in [3.63, 3.8) is 0 Å². The third-order valence-corrected chi connectivity index (χ3v) is 3.66. The zero-order valence-corrected chi connectivity index (χ0v) is 13.0. The minimum atomic E-state index is -0.191. The van der Waals surface area contributed by atoms with E-state index >= 15 is 0 Å². The number of hydrogen-bond donors (Lipinski definition) is 1. The van der Waals surface area contributed by atoms with Gasteiger partial charge in [0, 0.05) is 16.7 Å². The summed E-state index contributed by atoms with van der Waals surface area (Å²) in [5.41, 5.74) is 2.21. The molecule has 0 unspecified atom stereocenters. The predicted octanol–water partition coefficient (Wildman–Crippen LogP) is 4.89. The van der Waals surface area contributed by atoms with E-state index in [1.54, 1.807) is 0 Å². The minimum absolute atomic E-state index is 0.191. The largest absolute Gasteiger partial charge is 0.384 e. The Labute approximate surface area is 119 Å². The highest BCUT2D eigenvalue weighted by molar-refractivity contribution is 9.10. The molecule has 1 rings (SSSR count). The van der Waals surface area contributed by atoms with Gasteiger partial charge in [0.15, 0.2) is 0 Å². The molecule has 1 aromatic carbocycles. The van der Waals surface area contributed by atoms with Gasteiger partial charge in [-0.25, -0.2) is 0 Å². The molecule has 0 radical (unpaired) electrons. The molecular formula is C15H21BrN2. The lowest BCUT2D eigenvalue weighted by atomic mass is 9.89. The maximum atomic E-state index is 8.92. The zero-order valence-electron chi connectivity index (χ0n) is 11.4. The number of nitrogens with zero attached hydrogens (tertiary/aromatic N) is 1. The van der Waals surface area contributed by atoms with Gasteiger partial charge in [-0.05, 0) is 67.2 Å². The molecule has 2 nitrogen and oxygen atoms in total. The Morgan fingerprint density at radius 1 is 1.33 bits per heavy atom. The summed E-state index contributed by atoms with van der Waals surface area (Å²) in [7, 11) is 0. The average molecular weight is 309 g/mol.